The van der Waals surface area contributed by atoms with Crippen LogP contribution in [0.25, 0.3) is 0 Å². The lowest BCUT2D eigenvalue weighted by Gasteiger charge is -2.15. The van der Waals surface area contributed by atoms with Crippen LogP contribution in [-0.4, -0.2) is 41.8 Å². The first-order valence-corrected chi connectivity index (χ1v) is 10.9. The summed E-state index contributed by atoms with van der Waals surface area (Å²) in [4.78, 5) is 20.9. The Labute approximate surface area is 159 Å². The van der Waals surface area contributed by atoms with E-state index in [0.717, 1.165) is 29.7 Å². The molecule has 0 bridgehead atoms. The van der Waals surface area contributed by atoms with Gasteiger partial charge in [0, 0.05) is 17.8 Å². The number of hydrogen-bond acceptors (Lipinski definition) is 6. The van der Waals surface area contributed by atoms with Crippen molar-refractivity contribution in [2.45, 2.75) is 39.2 Å². The van der Waals surface area contributed by atoms with Gasteiger partial charge in [-0.2, -0.15) is 0 Å². The zero-order chi connectivity index (χ0) is 19.4. The maximum absolute atomic E-state index is 12.7. The van der Waals surface area contributed by atoms with Crippen molar-refractivity contribution in [1.82, 2.24) is 9.97 Å². The molecule has 144 valence electrons. The number of carbonyl (C=O) groups is 1. The van der Waals surface area contributed by atoms with Gasteiger partial charge in [-0.05, 0) is 30.4 Å². The molecule has 2 N–H and O–H groups in total. The van der Waals surface area contributed by atoms with Crippen LogP contribution < -0.4 is 10.6 Å². The molecule has 8 heteroatoms. The zero-order valence-corrected chi connectivity index (χ0v) is 16.3. The second kappa shape index (κ2) is 8.04. The zero-order valence-electron chi connectivity index (χ0n) is 15.5. The highest BCUT2D eigenvalue weighted by atomic mass is 32.2. The SMILES string of the molecule is CCc1cccc(CC)c1NC(=O)c1cc(NC2CCS(=O)(=O)C2)ncn1. The normalized spacial score (nSPS) is 18.2. The lowest BCUT2D eigenvalue weighted by Crippen LogP contribution is -2.22. The summed E-state index contributed by atoms with van der Waals surface area (Å²) in [6.07, 6.45) is 3.48. The average Bonchev–Trinajstić information content (AvgIpc) is 3.00. The van der Waals surface area contributed by atoms with E-state index in [-0.39, 0.29) is 29.1 Å². The number of aromatic nitrogens is 2. The topological polar surface area (TPSA) is 101 Å². The molecule has 3 rings (SSSR count). The van der Waals surface area contributed by atoms with Crippen LogP contribution in [0.1, 0.15) is 41.9 Å². The highest BCUT2D eigenvalue weighted by molar-refractivity contribution is 7.91. The third kappa shape index (κ3) is 4.63. The molecule has 2 heterocycles. The standard InChI is InChI=1S/C19H24N4O3S/c1-3-13-6-5-7-14(4-2)18(13)23-19(24)16-10-17(21-12-20-16)22-15-8-9-27(25,26)11-15/h5-7,10,12,15H,3-4,8-9,11H2,1-2H3,(H,23,24)(H,20,21,22). The van der Waals surface area contributed by atoms with Crippen LogP contribution in [0.15, 0.2) is 30.6 Å². The Morgan fingerprint density at radius 3 is 2.48 bits per heavy atom. The second-order valence-corrected chi connectivity index (χ2v) is 8.87. The monoisotopic (exact) mass is 388 g/mol. The van der Waals surface area contributed by atoms with Gasteiger partial charge in [0.15, 0.2) is 9.84 Å². The van der Waals surface area contributed by atoms with Gasteiger partial charge in [-0.15, -0.1) is 0 Å². The molecule has 0 spiro atoms. The molecule has 1 aromatic carbocycles. The Hall–Kier alpha value is -2.48. The van der Waals surface area contributed by atoms with E-state index in [1.165, 1.54) is 6.33 Å². The molecule has 0 saturated carbocycles. The summed E-state index contributed by atoms with van der Waals surface area (Å²) in [6.45, 7) is 4.10. The summed E-state index contributed by atoms with van der Waals surface area (Å²) in [7, 11) is -2.98. The quantitative estimate of drug-likeness (QED) is 0.788. The molecular formula is C19H24N4O3S. The number of nitrogens with one attached hydrogen (secondary N) is 2. The molecule has 1 unspecified atom stereocenters. The summed E-state index contributed by atoms with van der Waals surface area (Å²) in [6, 6.07) is 7.37. The lowest BCUT2D eigenvalue weighted by molar-refractivity contribution is 0.102. The summed E-state index contributed by atoms with van der Waals surface area (Å²) >= 11 is 0. The molecule has 1 aliphatic rings. The molecule has 1 aliphatic heterocycles. The van der Waals surface area contributed by atoms with Crippen LogP contribution in [0.5, 0.6) is 0 Å². The van der Waals surface area contributed by atoms with Gasteiger partial charge >= 0.3 is 0 Å². The average molecular weight is 388 g/mol. The number of sulfone groups is 1. The second-order valence-electron chi connectivity index (χ2n) is 6.65. The van der Waals surface area contributed by atoms with Gasteiger partial charge in [0.1, 0.15) is 17.8 Å². The number of carbonyl (C=O) groups excluding carboxylic acids is 1. The van der Waals surface area contributed by atoms with Crippen LogP contribution in [0.4, 0.5) is 11.5 Å². The molecule has 1 saturated heterocycles. The van der Waals surface area contributed by atoms with Crippen molar-refractivity contribution in [3.8, 4) is 0 Å². The predicted octanol–water partition coefficient (Wildman–Crippen LogP) is 2.45. The van der Waals surface area contributed by atoms with Crippen LogP contribution in [0, 0.1) is 0 Å². The van der Waals surface area contributed by atoms with Crippen LogP contribution in [0.3, 0.4) is 0 Å². The highest BCUT2D eigenvalue weighted by Crippen LogP contribution is 2.23. The van der Waals surface area contributed by atoms with E-state index in [4.69, 9.17) is 0 Å². The Bertz CT molecular complexity index is 921. The molecule has 1 amide bonds. The van der Waals surface area contributed by atoms with E-state index in [1.54, 1.807) is 6.07 Å². The van der Waals surface area contributed by atoms with Crippen molar-refractivity contribution in [2.75, 3.05) is 22.1 Å². The fourth-order valence-electron chi connectivity index (χ4n) is 3.26. The first kappa shape index (κ1) is 19.3. The number of rotatable bonds is 6. The molecule has 0 radical (unpaired) electrons. The maximum Gasteiger partial charge on any atom is 0.274 e. The number of benzene rings is 1. The van der Waals surface area contributed by atoms with Crippen LogP contribution in [-0.2, 0) is 22.7 Å². The van der Waals surface area contributed by atoms with Crippen molar-refractivity contribution >= 4 is 27.2 Å². The fourth-order valence-corrected chi connectivity index (χ4v) is 4.93. The maximum atomic E-state index is 12.7. The Balaban J connectivity index is 1.77. The minimum atomic E-state index is -2.98. The van der Waals surface area contributed by atoms with E-state index >= 15 is 0 Å². The molecule has 0 aliphatic carbocycles. The lowest BCUT2D eigenvalue weighted by atomic mass is 10.0. The number of nitrogens with zero attached hydrogens (tertiary/aromatic N) is 2. The predicted molar refractivity (Wildman–Crippen MR) is 106 cm³/mol. The molecule has 1 fully saturated rings. The summed E-state index contributed by atoms with van der Waals surface area (Å²) in [5, 5.41) is 6.07. The largest absolute Gasteiger partial charge is 0.366 e. The van der Waals surface area contributed by atoms with Crippen molar-refractivity contribution in [3.05, 3.63) is 47.4 Å². The van der Waals surface area contributed by atoms with Crippen LogP contribution >= 0.6 is 0 Å². The van der Waals surface area contributed by atoms with Gasteiger partial charge < -0.3 is 10.6 Å². The minimum absolute atomic E-state index is 0.0856. The molecule has 7 nitrogen and oxygen atoms in total. The van der Waals surface area contributed by atoms with Gasteiger partial charge in [-0.1, -0.05) is 32.0 Å². The van der Waals surface area contributed by atoms with Crippen molar-refractivity contribution in [2.24, 2.45) is 0 Å². The first-order valence-electron chi connectivity index (χ1n) is 9.13. The van der Waals surface area contributed by atoms with E-state index in [9.17, 15) is 13.2 Å². The Kier molecular flexibility index (Phi) is 5.74. The van der Waals surface area contributed by atoms with E-state index in [0.29, 0.717) is 12.2 Å². The molecule has 27 heavy (non-hydrogen) atoms. The Morgan fingerprint density at radius 1 is 1.19 bits per heavy atom. The molecule has 1 atom stereocenters. The third-order valence-electron chi connectivity index (χ3n) is 4.72. The third-order valence-corrected chi connectivity index (χ3v) is 6.49. The highest BCUT2D eigenvalue weighted by Gasteiger charge is 2.28. The molecular weight excluding hydrogens is 364 g/mol. The van der Waals surface area contributed by atoms with E-state index in [1.807, 2.05) is 32.0 Å². The molecule has 2 aromatic rings. The number of hydrogen-bond donors (Lipinski definition) is 2. The van der Waals surface area contributed by atoms with Crippen molar-refractivity contribution in [3.63, 3.8) is 0 Å². The molecule has 1 aromatic heterocycles. The Morgan fingerprint density at radius 2 is 1.89 bits per heavy atom. The van der Waals surface area contributed by atoms with E-state index < -0.39 is 9.84 Å². The summed E-state index contributed by atoms with van der Waals surface area (Å²) in [5.74, 6) is 0.408. The van der Waals surface area contributed by atoms with Crippen molar-refractivity contribution in [1.29, 1.82) is 0 Å². The summed E-state index contributed by atoms with van der Waals surface area (Å²) in [5.41, 5.74) is 3.22. The summed E-state index contributed by atoms with van der Waals surface area (Å²) < 4.78 is 23.2. The van der Waals surface area contributed by atoms with Crippen molar-refractivity contribution < 1.29 is 13.2 Å². The van der Waals surface area contributed by atoms with E-state index in [2.05, 4.69) is 20.6 Å². The van der Waals surface area contributed by atoms with Gasteiger partial charge in [-0.25, -0.2) is 18.4 Å². The van der Waals surface area contributed by atoms with Gasteiger partial charge in [0.25, 0.3) is 5.91 Å². The smallest absolute Gasteiger partial charge is 0.274 e. The number of aryl methyl sites for hydroxylation is 2. The fraction of sp³-hybridized carbons (Fsp3) is 0.421. The number of anilines is 2. The number of amides is 1. The number of para-hydroxylation sites is 1. The van der Waals surface area contributed by atoms with Crippen LogP contribution in [0.2, 0.25) is 0 Å². The first-order chi connectivity index (χ1) is 12.9. The minimum Gasteiger partial charge on any atom is -0.366 e. The van der Waals surface area contributed by atoms with Gasteiger partial charge in [0.2, 0.25) is 0 Å². The van der Waals surface area contributed by atoms with Gasteiger partial charge in [-0.3, -0.25) is 4.79 Å². The van der Waals surface area contributed by atoms with Gasteiger partial charge in [0.05, 0.1) is 11.5 Å².